The van der Waals surface area contributed by atoms with E-state index in [1.54, 1.807) is 0 Å². The van der Waals surface area contributed by atoms with Crippen LogP contribution in [-0.2, 0) is 0 Å². The monoisotopic (exact) mass is 749 g/mol. The van der Waals surface area contributed by atoms with Crippen LogP contribution in [0.25, 0.3) is 21.5 Å². The zero-order chi connectivity index (χ0) is 37.4. The number of unbranched alkanes of at least 4 members (excludes halogenated alkanes) is 30. The summed E-state index contributed by atoms with van der Waals surface area (Å²) < 4.78 is 13.2. The van der Waals surface area contributed by atoms with Crippen molar-refractivity contribution in [1.82, 2.24) is 0 Å². The van der Waals surface area contributed by atoms with Gasteiger partial charge in [-0.15, -0.1) is 0 Å². The smallest absolute Gasteiger partial charge is 0.136 e. The fourth-order valence-electron chi connectivity index (χ4n) is 8.06. The Balaban J connectivity index is 1.30. The lowest BCUT2D eigenvalue weighted by Crippen LogP contribution is -2.02. The van der Waals surface area contributed by atoms with E-state index in [1.165, 1.54) is 193 Å². The van der Waals surface area contributed by atoms with Gasteiger partial charge >= 0.3 is 0 Å². The molecule has 0 saturated carbocycles. The van der Waals surface area contributed by atoms with E-state index in [1.807, 2.05) is 12.1 Å². The Kier molecular flexibility index (Phi) is 26.8. The summed E-state index contributed by atoms with van der Waals surface area (Å²) in [6.07, 6.45) is 44.0. The Morgan fingerprint density at radius 1 is 0.340 bits per heavy atom. The summed E-state index contributed by atoms with van der Waals surface area (Å²) in [6.45, 7) is 6.06. The number of rotatable bonds is 36. The molecule has 0 aliphatic heterocycles. The van der Waals surface area contributed by atoms with Crippen molar-refractivity contribution in [1.29, 1.82) is 0 Å². The van der Waals surface area contributed by atoms with Crippen molar-refractivity contribution in [3.05, 3.63) is 47.5 Å². The maximum atomic E-state index is 6.89. The molecule has 0 amide bonds. The molecule has 3 aromatic rings. The van der Waals surface area contributed by atoms with E-state index in [9.17, 15) is 0 Å². The highest BCUT2D eigenvalue weighted by Crippen LogP contribution is 2.45. The lowest BCUT2D eigenvalue weighted by Gasteiger charge is -2.18. The van der Waals surface area contributed by atoms with Crippen molar-refractivity contribution in [2.45, 2.75) is 219 Å². The van der Waals surface area contributed by atoms with Gasteiger partial charge in [0.1, 0.15) is 11.5 Å². The van der Waals surface area contributed by atoms with Crippen LogP contribution in [0, 0.1) is 0 Å². The van der Waals surface area contributed by atoms with Crippen molar-refractivity contribution < 1.29 is 9.47 Å². The third-order valence-electron chi connectivity index (χ3n) is 11.4. The summed E-state index contributed by atoms with van der Waals surface area (Å²) in [5.74, 6) is 1.87. The van der Waals surface area contributed by atoms with Crippen LogP contribution >= 0.6 is 11.6 Å². The molecule has 0 bridgehead atoms. The summed E-state index contributed by atoms with van der Waals surface area (Å²) in [7, 11) is 0. The molecule has 0 unspecified atom stereocenters. The molecule has 0 heterocycles. The summed E-state index contributed by atoms with van der Waals surface area (Å²) >= 11 is 6.89. The molecule has 0 aliphatic rings. The molecule has 0 spiro atoms. The Bertz CT molecular complexity index is 1300. The first-order valence-corrected chi connectivity index (χ1v) is 23.5. The first-order chi connectivity index (χ1) is 26.3. The zero-order valence-electron chi connectivity index (χ0n) is 34.8. The van der Waals surface area contributed by atoms with Crippen LogP contribution in [0.5, 0.6) is 11.5 Å². The quantitative estimate of drug-likeness (QED) is 0.0435. The van der Waals surface area contributed by atoms with E-state index in [2.05, 4.69) is 44.2 Å². The molecule has 3 aromatic carbocycles. The van der Waals surface area contributed by atoms with Gasteiger partial charge in [0.15, 0.2) is 0 Å². The highest BCUT2D eigenvalue weighted by molar-refractivity contribution is 6.37. The maximum absolute atomic E-state index is 6.89. The van der Waals surface area contributed by atoms with Crippen molar-refractivity contribution in [2.24, 2.45) is 0 Å². The second kappa shape index (κ2) is 31.3. The minimum absolute atomic E-state index is 0.724. The van der Waals surface area contributed by atoms with E-state index < -0.39 is 0 Å². The predicted octanol–water partition coefficient (Wildman–Crippen LogP) is 17.9. The second-order valence-electron chi connectivity index (χ2n) is 16.2. The molecule has 2 nitrogen and oxygen atoms in total. The number of halogens is 1. The maximum Gasteiger partial charge on any atom is 0.136 e. The lowest BCUT2D eigenvalue weighted by molar-refractivity contribution is 0.306. The first kappa shape index (κ1) is 45.5. The van der Waals surface area contributed by atoms with E-state index >= 15 is 0 Å². The molecule has 0 radical (unpaired) electrons. The van der Waals surface area contributed by atoms with E-state index in [0.29, 0.717) is 0 Å². The lowest BCUT2D eigenvalue weighted by atomic mass is 10.0. The van der Waals surface area contributed by atoms with E-state index in [-0.39, 0.29) is 0 Å². The van der Waals surface area contributed by atoms with Crippen molar-refractivity contribution >= 4 is 33.1 Å². The van der Waals surface area contributed by atoms with E-state index in [4.69, 9.17) is 21.1 Å². The zero-order valence-corrected chi connectivity index (χ0v) is 35.5. The largest absolute Gasteiger partial charge is 0.492 e. The SMILES string of the molecule is CCCCCCCCCCCCCCCCCCOc1c2ccccc2c(OCCCCCCCCCCCCCCCCCC)c2c(Cl)cccc12. The Morgan fingerprint density at radius 2 is 0.642 bits per heavy atom. The molecule has 3 rings (SSSR count). The topological polar surface area (TPSA) is 18.5 Å². The van der Waals surface area contributed by atoms with Crippen LogP contribution in [-0.4, -0.2) is 13.2 Å². The van der Waals surface area contributed by atoms with Crippen LogP contribution in [0.4, 0.5) is 0 Å². The fourth-order valence-corrected chi connectivity index (χ4v) is 8.32. The van der Waals surface area contributed by atoms with Gasteiger partial charge in [0, 0.05) is 21.5 Å². The van der Waals surface area contributed by atoms with Gasteiger partial charge in [-0.05, 0) is 18.9 Å². The van der Waals surface area contributed by atoms with Crippen molar-refractivity contribution in [2.75, 3.05) is 13.2 Å². The van der Waals surface area contributed by atoms with Gasteiger partial charge in [-0.25, -0.2) is 0 Å². The predicted molar refractivity (Wildman–Crippen MR) is 237 cm³/mol. The molecule has 53 heavy (non-hydrogen) atoms. The minimum Gasteiger partial charge on any atom is -0.492 e. The Morgan fingerprint density at radius 3 is 1.02 bits per heavy atom. The molecular weight excluding hydrogens is 668 g/mol. The summed E-state index contributed by atoms with van der Waals surface area (Å²) in [6, 6.07) is 14.7. The third kappa shape index (κ3) is 19.5. The normalized spacial score (nSPS) is 11.6. The molecule has 0 atom stereocenters. The van der Waals surface area contributed by atoms with Crippen LogP contribution < -0.4 is 9.47 Å². The number of fused-ring (bicyclic) bond motifs is 2. The second-order valence-corrected chi connectivity index (χ2v) is 16.6. The summed E-state index contributed by atoms with van der Waals surface area (Å²) in [4.78, 5) is 0. The standard InChI is InChI=1S/C50H81ClO2/c1-3-5-7-9-11-13-15-17-19-21-23-25-27-29-31-35-42-52-49-44-38-33-34-39-45(44)50(48-46(49)40-37-41-47(48)51)53-43-36-32-30-28-26-24-22-20-18-16-14-12-10-8-6-4-2/h33-34,37-41H,3-32,35-36,42-43H2,1-2H3. The molecular formula is C50H81ClO2. The van der Waals surface area contributed by atoms with Gasteiger partial charge < -0.3 is 9.47 Å². The number of hydrogen-bond acceptors (Lipinski definition) is 2. The minimum atomic E-state index is 0.724. The van der Waals surface area contributed by atoms with Gasteiger partial charge in [-0.2, -0.15) is 0 Å². The number of hydrogen-bond donors (Lipinski definition) is 0. The van der Waals surface area contributed by atoms with E-state index in [0.717, 1.165) is 64.1 Å². The third-order valence-corrected chi connectivity index (χ3v) is 11.7. The summed E-state index contributed by atoms with van der Waals surface area (Å²) in [5.41, 5.74) is 0. The van der Waals surface area contributed by atoms with Gasteiger partial charge in [-0.3, -0.25) is 0 Å². The van der Waals surface area contributed by atoms with Crippen molar-refractivity contribution in [3.63, 3.8) is 0 Å². The van der Waals surface area contributed by atoms with Gasteiger partial charge in [0.2, 0.25) is 0 Å². The Hall–Kier alpha value is -1.93. The molecule has 0 fully saturated rings. The molecule has 300 valence electrons. The molecule has 0 aliphatic carbocycles. The average Bonchev–Trinajstić information content (AvgIpc) is 3.17. The van der Waals surface area contributed by atoms with Crippen LogP contribution in [0.1, 0.15) is 219 Å². The Labute approximate surface area is 332 Å². The highest BCUT2D eigenvalue weighted by atomic mass is 35.5. The highest BCUT2D eigenvalue weighted by Gasteiger charge is 2.18. The number of benzene rings is 3. The summed E-state index contributed by atoms with van der Waals surface area (Å²) in [5, 5.41) is 5.02. The molecule has 0 saturated heterocycles. The fraction of sp³-hybridized carbons (Fsp3) is 0.720. The van der Waals surface area contributed by atoms with Crippen LogP contribution in [0.3, 0.4) is 0 Å². The number of ether oxygens (including phenoxy) is 2. The van der Waals surface area contributed by atoms with Crippen LogP contribution in [0.15, 0.2) is 42.5 Å². The van der Waals surface area contributed by atoms with Crippen molar-refractivity contribution in [3.8, 4) is 11.5 Å². The molecule has 3 heteroatoms. The first-order valence-electron chi connectivity index (χ1n) is 23.2. The molecule has 0 N–H and O–H groups in total. The van der Waals surface area contributed by atoms with Crippen LogP contribution in [0.2, 0.25) is 5.02 Å². The van der Waals surface area contributed by atoms with Gasteiger partial charge in [0.25, 0.3) is 0 Å². The van der Waals surface area contributed by atoms with Gasteiger partial charge in [-0.1, -0.05) is 254 Å². The average molecular weight is 750 g/mol. The van der Waals surface area contributed by atoms with Gasteiger partial charge in [0.05, 0.1) is 18.2 Å². The molecule has 0 aromatic heterocycles.